The van der Waals surface area contributed by atoms with E-state index in [0.29, 0.717) is 6.61 Å². The van der Waals surface area contributed by atoms with Crippen molar-refractivity contribution in [2.45, 2.75) is 19.9 Å². The fraction of sp³-hybridized carbons (Fsp3) is 0.462. The lowest BCUT2D eigenvalue weighted by atomic mass is 10.1. The number of rotatable bonds is 6. The van der Waals surface area contributed by atoms with Gasteiger partial charge in [-0.1, -0.05) is 12.1 Å². The summed E-state index contributed by atoms with van der Waals surface area (Å²) >= 11 is 0. The summed E-state index contributed by atoms with van der Waals surface area (Å²) in [6, 6.07) is 7.34. The quantitative estimate of drug-likeness (QED) is 0.812. The fourth-order valence-corrected chi connectivity index (χ4v) is 1.46. The van der Waals surface area contributed by atoms with E-state index in [4.69, 9.17) is 14.6 Å². The van der Waals surface area contributed by atoms with Gasteiger partial charge in [0.1, 0.15) is 12.4 Å². The maximum absolute atomic E-state index is 11.3. The van der Waals surface area contributed by atoms with Gasteiger partial charge in [0.2, 0.25) is 0 Å². The Morgan fingerprint density at radius 3 is 2.61 bits per heavy atom. The second-order valence-corrected chi connectivity index (χ2v) is 3.73. The largest absolute Gasteiger partial charge is 0.494 e. The van der Waals surface area contributed by atoms with Crippen molar-refractivity contribution in [3.05, 3.63) is 29.8 Å². The number of ether oxygens (including phenoxy) is 2. The van der Waals surface area contributed by atoms with E-state index in [1.165, 1.54) is 0 Å². The molecule has 0 aliphatic carbocycles. The van der Waals surface area contributed by atoms with Gasteiger partial charge in [-0.25, -0.2) is 4.79 Å². The average Bonchev–Trinajstić information content (AvgIpc) is 2.37. The van der Waals surface area contributed by atoms with Gasteiger partial charge in [0.15, 0.2) is 0 Å². The standard InChI is InChI=1S/C13H19NO4/c1-3-17-12-6-4-11(5-7-12)10(2)14-13(16)18-9-8-15/h4-7,10,15H,3,8-9H2,1-2H3,(H,14,16). The average molecular weight is 253 g/mol. The van der Waals surface area contributed by atoms with Gasteiger partial charge < -0.3 is 19.9 Å². The van der Waals surface area contributed by atoms with Crippen LogP contribution in [0.1, 0.15) is 25.5 Å². The second-order valence-electron chi connectivity index (χ2n) is 3.73. The van der Waals surface area contributed by atoms with Crippen molar-refractivity contribution in [3.63, 3.8) is 0 Å². The summed E-state index contributed by atoms with van der Waals surface area (Å²) in [4.78, 5) is 11.3. The molecule has 2 N–H and O–H groups in total. The van der Waals surface area contributed by atoms with Crippen LogP contribution in [0.15, 0.2) is 24.3 Å². The Bertz CT molecular complexity index is 364. The van der Waals surface area contributed by atoms with E-state index in [1.54, 1.807) is 0 Å². The molecule has 100 valence electrons. The maximum atomic E-state index is 11.3. The van der Waals surface area contributed by atoms with Crippen molar-refractivity contribution in [3.8, 4) is 5.75 Å². The molecular weight excluding hydrogens is 234 g/mol. The zero-order valence-electron chi connectivity index (χ0n) is 10.7. The predicted octanol–water partition coefficient (Wildman–Crippen LogP) is 1.86. The first-order valence-electron chi connectivity index (χ1n) is 5.94. The second kappa shape index (κ2) is 7.55. The van der Waals surface area contributed by atoms with Crippen LogP contribution in [0.25, 0.3) is 0 Å². The van der Waals surface area contributed by atoms with Crippen LogP contribution in [0.3, 0.4) is 0 Å². The molecular formula is C13H19NO4. The minimum absolute atomic E-state index is 0.00182. The van der Waals surface area contributed by atoms with Gasteiger partial charge in [0.25, 0.3) is 0 Å². The molecule has 5 nitrogen and oxygen atoms in total. The van der Waals surface area contributed by atoms with Gasteiger partial charge in [-0.3, -0.25) is 0 Å². The van der Waals surface area contributed by atoms with Gasteiger partial charge in [-0.2, -0.15) is 0 Å². The number of nitrogens with one attached hydrogen (secondary N) is 1. The molecule has 1 rings (SSSR count). The molecule has 0 saturated carbocycles. The molecule has 0 spiro atoms. The van der Waals surface area contributed by atoms with E-state index in [0.717, 1.165) is 11.3 Å². The number of hydrogen-bond acceptors (Lipinski definition) is 4. The SMILES string of the molecule is CCOc1ccc(C(C)NC(=O)OCCO)cc1. The summed E-state index contributed by atoms with van der Waals surface area (Å²) in [6.45, 7) is 4.23. The smallest absolute Gasteiger partial charge is 0.407 e. The highest BCUT2D eigenvalue weighted by atomic mass is 16.6. The third kappa shape index (κ3) is 4.63. The van der Waals surface area contributed by atoms with E-state index >= 15 is 0 Å². The lowest BCUT2D eigenvalue weighted by molar-refractivity contribution is 0.116. The predicted molar refractivity (Wildman–Crippen MR) is 67.6 cm³/mol. The summed E-state index contributed by atoms with van der Waals surface area (Å²) in [5.74, 6) is 0.802. The van der Waals surface area contributed by atoms with Crippen LogP contribution in [-0.4, -0.2) is 31.0 Å². The molecule has 1 aromatic rings. The van der Waals surface area contributed by atoms with Crippen LogP contribution in [0.2, 0.25) is 0 Å². The lowest BCUT2D eigenvalue weighted by Gasteiger charge is -2.14. The minimum Gasteiger partial charge on any atom is -0.494 e. The van der Waals surface area contributed by atoms with Gasteiger partial charge in [0, 0.05) is 0 Å². The Labute approximate surface area is 107 Å². The number of alkyl carbamates (subject to hydrolysis) is 1. The first-order chi connectivity index (χ1) is 8.67. The summed E-state index contributed by atoms with van der Waals surface area (Å²) in [5.41, 5.74) is 0.958. The Morgan fingerprint density at radius 1 is 1.39 bits per heavy atom. The maximum Gasteiger partial charge on any atom is 0.407 e. The minimum atomic E-state index is -0.537. The number of hydrogen-bond donors (Lipinski definition) is 2. The van der Waals surface area contributed by atoms with Gasteiger partial charge in [-0.15, -0.1) is 0 Å². The Kier molecular flexibility index (Phi) is 6.00. The molecule has 0 bridgehead atoms. The van der Waals surface area contributed by atoms with E-state index in [-0.39, 0.29) is 19.3 Å². The zero-order chi connectivity index (χ0) is 13.4. The number of benzene rings is 1. The molecule has 18 heavy (non-hydrogen) atoms. The first-order valence-corrected chi connectivity index (χ1v) is 5.94. The molecule has 0 radical (unpaired) electrons. The van der Waals surface area contributed by atoms with Crippen molar-refractivity contribution in [2.24, 2.45) is 0 Å². The molecule has 1 unspecified atom stereocenters. The van der Waals surface area contributed by atoms with Gasteiger partial charge >= 0.3 is 6.09 Å². The summed E-state index contributed by atoms with van der Waals surface area (Å²) in [7, 11) is 0. The molecule has 5 heteroatoms. The van der Waals surface area contributed by atoms with Gasteiger partial charge in [-0.05, 0) is 31.5 Å². The van der Waals surface area contributed by atoms with Crippen LogP contribution >= 0.6 is 0 Å². The number of carbonyl (C=O) groups is 1. The molecule has 0 saturated heterocycles. The van der Waals surface area contributed by atoms with Crippen LogP contribution < -0.4 is 10.1 Å². The van der Waals surface area contributed by atoms with Crippen molar-refractivity contribution in [1.82, 2.24) is 5.32 Å². The molecule has 0 heterocycles. The Balaban J connectivity index is 2.50. The van der Waals surface area contributed by atoms with Crippen LogP contribution in [0, 0.1) is 0 Å². The number of amides is 1. The molecule has 1 aromatic carbocycles. The molecule has 0 fully saturated rings. The van der Waals surface area contributed by atoms with Crippen molar-refractivity contribution >= 4 is 6.09 Å². The van der Waals surface area contributed by atoms with Crippen molar-refractivity contribution < 1.29 is 19.4 Å². The molecule has 0 aromatic heterocycles. The highest BCUT2D eigenvalue weighted by molar-refractivity contribution is 5.67. The van der Waals surface area contributed by atoms with E-state index in [2.05, 4.69) is 5.32 Å². The first kappa shape index (κ1) is 14.3. The van der Waals surface area contributed by atoms with Crippen LogP contribution in [0.4, 0.5) is 4.79 Å². The van der Waals surface area contributed by atoms with Crippen molar-refractivity contribution in [1.29, 1.82) is 0 Å². The third-order valence-corrected chi connectivity index (χ3v) is 2.35. The topological polar surface area (TPSA) is 67.8 Å². The fourth-order valence-electron chi connectivity index (χ4n) is 1.46. The highest BCUT2D eigenvalue weighted by Gasteiger charge is 2.10. The molecule has 1 amide bonds. The summed E-state index contributed by atoms with van der Waals surface area (Å²) in [5, 5.41) is 11.2. The third-order valence-electron chi connectivity index (χ3n) is 2.35. The van der Waals surface area contributed by atoms with E-state index < -0.39 is 6.09 Å². The zero-order valence-corrected chi connectivity index (χ0v) is 10.7. The summed E-state index contributed by atoms with van der Waals surface area (Å²) in [6.07, 6.45) is -0.537. The van der Waals surface area contributed by atoms with Crippen molar-refractivity contribution in [2.75, 3.05) is 19.8 Å². The van der Waals surface area contributed by atoms with Gasteiger partial charge in [0.05, 0.1) is 19.3 Å². The van der Waals surface area contributed by atoms with Crippen LogP contribution in [0.5, 0.6) is 5.75 Å². The van der Waals surface area contributed by atoms with Crippen LogP contribution in [-0.2, 0) is 4.74 Å². The lowest BCUT2D eigenvalue weighted by Crippen LogP contribution is -2.28. The number of carbonyl (C=O) groups excluding carboxylic acids is 1. The summed E-state index contributed by atoms with van der Waals surface area (Å²) < 4.78 is 10.1. The Hall–Kier alpha value is -1.75. The molecule has 0 aliphatic heterocycles. The highest BCUT2D eigenvalue weighted by Crippen LogP contribution is 2.17. The van der Waals surface area contributed by atoms with E-state index in [9.17, 15) is 4.79 Å². The monoisotopic (exact) mass is 253 g/mol. The normalized spacial score (nSPS) is 11.7. The van der Waals surface area contributed by atoms with E-state index in [1.807, 2.05) is 38.1 Å². The number of aliphatic hydroxyl groups is 1. The number of aliphatic hydroxyl groups excluding tert-OH is 1. The molecule has 0 aliphatic rings. The Morgan fingerprint density at radius 2 is 2.06 bits per heavy atom. The molecule has 1 atom stereocenters.